The largest absolute Gasteiger partial charge is 0.450 e. The number of hydrogen-bond acceptors (Lipinski definition) is 8. The molecule has 2 N–H and O–H groups in total. The van der Waals surface area contributed by atoms with Gasteiger partial charge >= 0.3 is 6.09 Å². The summed E-state index contributed by atoms with van der Waals surface area (Å²) in [4.78, 5) is 20.6. The molecule has 0 aliphatic rings. The molecule has 10 heteroatoms. The van der Waals surface area contributed by atoms with Crippen LogP contribution in [0.2, 0.25) is 0 Å². The predicted octanol–water partition coefficient (Wildman–Crippen LogP) is 2.13. The number of carbonyl (C=O) groups excluding carboxylic acids is 1. The van der Waals surface area contributed by atoms with Crippen LogP contribution in [0.5, 0.6) is 0 Å². The average molecular weight is 382 g/mol. The summed E-state index contributed by atoms with van der Waals surface area (Å²) in [6.07, 6.45) is 1.31. The van der Waals surface area contributed by atoms with Gasteiger partial charge in [-0.2, -0.15) is 5.10 Å². The van der Waals surface area contributed by atoms with Crippen LogP contribution in [-0.4, -0.2) is 64.5 Å². The number of alkyl carbamates (subject to hydrolysis) is 1. The molecule has 0 aliphatic carbocycles. The van der Waals surface area contributed by atoms with Crippen molar-refractivity contribution in [3.8, 4) is 0 Å². The molecular formula is C16H26N6O3S. The van der Waals surface area contributed by atoms with E-state index in [1.54, 1.807) is 29.6 Å². The second-order valence-electron chi connectivity index (χ2n) is 5.16. The van der Waals surface area contributed by atoms with Gasteiger partial charge in [0.05, 0.1) is 31.3 Å². The molecule has 0 spiro atoms. The second kappa shape index (κ2) is 10.8. The van der Waals surface area contributed by atoms with Crippen LogP contribution in [0.15, 0.2) is 11.4 Å². The number of anilines is 1. The fourth-order valence-electron chi connectivity index (χ4n) is 2.26. The number of thioether (sulfide) groups is 1. The van der Waals surface area contributed by atoms with Crippen molar-refractivity contribution in [1.29, 1.82) is 0 Å². The zero-order chi connectivity index (χ0) is 18.8. The van der Waals surface area contributed by atoms with Crippen molar-refractivity contribution in [3.05, 3.63) is 6.20 Å². The fourth-order valence-corrected chi connectivity index (χ4v) is 2.82. The van der Waals surface area contributed by atoms with Crippen molar-refractivity contribution < 1.29 is 14.3 Å². The van der Waals surface area contributed by atoms with Crippen molar-refractivity contribution in [2.75, 3.05) is 44.0 Å². The number of carbonyl (C=O) groups is 1. The Kier molecular flexibility index (Phi) is 8.42. The second-order valence-corrected chi connectivity index (χ2v) is 6.39. The van der Waals surface area contributed by atoms with Gasteiger partial charge < -0.3 is 20.1 Å². The van der Waals surface area contributed by atoms with Gasteiger partial charge in [-0.1, -0.05) is 18.7 Å². The minimum Gasteiger partial charge on any atom is -0.450 e. The first-order valence-electron chi connectivity index (χ1n) is 8.78. The Morgan fingerprint density at radius 3 is 2.81 bits per heavy atom. The molecule has 144 valence electrons. The zero-order valence-corrected chi connectivity index (χ0v) is 16.3. The lowest BCUT2D eigenvalue weighted by Crippen LogP contribution is -2.28. The first-order valence-corrected chi connectivity index (χ1v) is 9.76. The third-order valence-electron chi connectivity index (χ3n) is 3.36. The number of ether oxygens (including phenoxy) is 2. The smallest absolute Gasteiger partial charge is 0.407 e. The first kappa shape index (κ1) is 20.2. The molecular weight excluding hydrogens is 356 g/mol. The summed E-state index contributed by atoms with van der Waals surface area (Å²) in [6.45, 7) is 8.98. The van der Waals surface area contributed by atoms with Crippen LogP contribution in [0.4, 0.5) is 10.6 Å². The van der Waals surface area contributed by atoms with Crippen molar-refractivity contribution in [3.63, 3.8) is 0 Å². The number of nitrogens with zero attached hydrogens (tertiary/aromatic N) is 4. The van der Waals surface area contributed by atoms with Crippen molar-refractivity contribution in [2.24, 2.45) is 0 Å². The van der Waals surface area contributed by atoms with Gasteiger partial charge in [0.1, 0.15) is 5.82 Å². The number of fused-ring (bicyclic) bond motifs is 1. The summed E-state index contributed by atoms with van der Waals surface area (Å²) >= 11 is 1.57. The molecule has 2 aromatic heterocycles. The Morgan fingerprint density at radius 2 is 2.08 bits per heavy atom. The van der Waals surface area contributed by atoms with Crippen LogP contribution in [0.25, 0.3) is 11.0 Å². The Balaban J connectivity index is 2.13. The Morgan fingerprint density at radius 1 is 1.23 bits per heavy atom. The summed E-state index contributed by atoms with van der Waals surface area (Å²) in [5, 5.41) is 11.9. The quantitative estimate of drug-likeness (QED) is 0.346. The van der Waals surface area contributed by atoms with E-state index >= 15 is 0 Å². The molecule has 2 aromatic rings. The molecule has 2 rings (SSSR count). The first-order chi connectivity index (χ1) is 12.7. The van der Waals surface area contributed by atoms with Crippen LogP contribution in [0, 0.1) is 0 Å². The van der Waals surface area contributed by atoms with Crippen LogP contribution in [-0.2, 0) is 16.0 Å². The highest BCUT2D eigenvalue weighted by atomic mass is 32.2. The van der Waals surface area contributed by atoms with Crippen LogP contribution >= 0.6 is 11.8 Å². The number of rotatable bonds is 11. The van der Waals surface area contributed by atoms with Gasteiger partial charge in [0.2, 0.25) is 0 Å². The lowest BCUT2D eigenvalue weighted by Gasteiger charge is -2.10. The van der Waals surface area contributed by atoms with Gasteiger partial charge in [-0.3, -0.25) is 0 Å². The molecule has 2 heterocycles. The third-order valence-corrected chi connectivity index (χ3v) is 4.09. The Bertz CT molecular complexity index is 709. The average Bonchev–Trinajstić information content (AvgIpc) is 3.02. The lowest BCUT2D eigenvalue weighted by molar-refractivity contribution is 0.152. The minimum atomic E-state index is -0.431. The predicted molar refractivity (Wildman–Crippen MR) is 102 cm³/mol. The molecule has 0 radical (unpaired) electrons. The third kappa shape index (κ3) is 5.73. The molecule has 0 saturated heterocycles. The van der Waals surface area contributed by atoms with Crippen LogP contribution in [0.3, 0.4) is 0 Å². The van der Waals surface area contributed by atoms with Crippen molar-refractivity contribution >= 4 is 34.7 Å². The molecule has 0 unspecified atom stereocenters. The lowest BCUT2D eigenvalue weighted by atomic mass is 10.4. The monoisotopic (exact) mass is 382 g/mol. The van der Waals surface area contributed by atoms with Crippen molar-refractivity contribution in [2.45, 2.75) is 32.5 Å². The van der Waals surface area contributed by atoms with E-state index in [0.29, 0.717) is 44.6 Å². The van der Waals surface area contributed by atoms with Gasteiger partial charge in [-0.25, -0.2) is 19.4 Å². The SMILES string of the molecule is CCOCCNc1nc(SCC)nc2c1cnn2CCNC(=O)OCC. The van der Waals surface area contributed by atoms with E-state index in [4.69, 9.17) is 9.47 Å². The zero-order valence-electron chi connectivity index (χ0n) is 15.4. The van der Waals surface area contributed by atoms with Crippen LogP contribution in [0.1, 0.15) is 20.8 Å². The summed E-state index contributed by atoms with van der Waals surface area (Å²) < 4.78 is 12.0. The number of hydrogen-bond donors (Lipinski definition) is 2. The standard InChI is InChI=1S/C16H26N6O3S/c1-4-24-10-8-17-13-12-11-19-22(9-7-18-16(23)25-5-2)14(12)21-15(20-13)26-6-3/h11H,4-10H2,1-3H3,(H,18,23)(H,17,20,21). The van der Waals surface area contributed by atoms with E-state index < -0.39 is 6.09 Å². The van der Waals surface area contributed by atoms with E-state index in [2.05, 4.69) is 32.6 Å². The van der Waals surface area contributed by atoms with Gasteiger partial charge in [0.15, 0.2) is 10.8 Å². The summed E-state index contributed by atoms with van der Waals surface area (Å²) in [6, 6.07) is 0. The molecule has 0 aliphatic heterocycles. The van der Waals surface area contributed by atoms with Gasteiger partial charge in [-0.15, -0.1) is 0 Å². The molecule has 0 aromatic carbocycles. The maximum absolute atomic E-state index is 11.4. The minimum absolute atomic E-state index is 0.345. The topological polar surface area (TPSA) is 103 Å². The van der Waals surface area contributed by atoms with Crippen molar-refractivity contribution in [1.82, 2.24) is 25.1 Å². The summed E-state index contributed by atoms with van der Waals surface area (Å²) in [7, 11) is 0. The Hall–Kier alpha value is -2.07. The highest BCUT2D eigenvalue weighted by Gasteiger charge is 2.13. The number of amides is 1. The molecule has 0 saturated carbocycles. The highest BCUT2D eigenvalue weighted by Crippen LogP contribution is 2.24. The maximum Gasteiger partial charge on any atom is 0.407 e. The van der Waals surface area contributed by atoms with E-state index in [1.165, 1.54) is 0 Å². The molecule has 0 bridgehead atoms. The fraction of sp³-hybridized carbons (Fsp3) is 0.625. The van der Waals surface area contributed by atoms with Gasteiger partial charge in [0, 0.05) is 19.7 Å². The van der Waals surface area contributed by atoms with Crippen LogP contribution < -0.4 is 10.6 Å². The molecule has 1 amide bonds. The van der Waals surface area contributed by atoms with E-state index in [0.717, 1.165) is 22.6 Å². The van der Waals surface area contributed by atoms with E-state index in [-0.39, 0.29) is 0 Å². The normalized spacial score (nSPS) is 10.9. The van der Waals surface area contributed by atoms with E-state index in [1.807, 2.05) is 6.92 Å². The number of nitrogens with one attached hydrogen (secondary N) is 2. The Labute approximate surface area is 157 Å². The molecule has 0 fully saturated rings. The summed E-state index contributed by atoms with van der Waals surface area (Å²) in [5.74, 6) is 1.62. The number of aromatic nitrogens is 4. The molecule has 0 atom stereocenters. The van der Waals surface area contributed by atoms with Gasteiger partial charge in [0.25, 0.3) is 0 Å². The molecule has 9 nitrogen and oxygen atoms in total. The highest BCUT2D eigenvalue weighted by molar-refractivity contribution is 7.99. The summed E-state index contributed by atoms with van der Waals surface area (Å²) in [5.41, 5.74) is 0.737. The van der Waals surface area contributed by atoms with E-state index in [9.17, 15) is 4.79 Å². The van der Waals surface area contributed by atoms with Gasteiger partial charge in [-0.05, 0) is 19.6 Å². The molecule has 26 heavy (non-hydrogen) atoms. The maximum atomic E-state index is 11.4.